The molecule has 0 radical (unpaired) electrons. The Morgan fingerprint density at radius 1 is 0.390 bits per heavy atom. The summed E-state index contributed by atoms with van der Waals surface area (Å²) in [7, 11) is 1.17. The van der Waals surface area contributed by atoms with E-state index in [1.54, 1.807) is 0 Å². The van der Waals surface area contributed by atoms with E-state index < -0.39 is 26.5 Å². The van der Waals surface area contributed by atoms with Gasteiger partial charge in [-0.2, -0.15) is 0 Å². The van der Waals surface area contributed by atoms with Gasteiger partial charge in [-0.3, -0.25) is 14.2 Å². The Morgan fingerprint density at radius 3 is 1.04 bits per heavy atom. The maximum atomic E-state index is 12.9. The molecular formula is C72H130NO8P. The van der Waals surface area contributed by atoms with Gasteiger partial charge >= 0.3 is 11.9 Å². The van der Waals surface area contributed by atoms with E-state index in [4.69, 9.17) is 18.5 Å². The van der Waals surface area contributed by atoms with E-state index in [1.165, 1.54) is 199 Å². The molecule has 0 saturated heterocycles. The van der Waals surface area contributed by atoms with Crippen LogP contribution in [0.25, 0.3) is 0 Å². The number of hydrogen-bond acceptors (Lipinski definition) is 8. The highest BCUT2D eigenvalue weighted by molar-refractivity contribution is 7.45. The fraction of sp³-hybridized carbons (Fsp3) is 0.778. The number of phosphoric ester groups is 1. The Kier molecular flexibility index (Phi) is 60.6. The maximum absolute atomic E-state index is 12.9. The van der Waals surface area contributed by atoms with Crippen LogP contribution >= 0.6 is 7.82 Å². The summed E-state index contributed by atoms with van der Waals surface area (Å²) in [5.74, 6) is -0.825. The number of esters is 2. The van der Waals surface area contributed by atoms with Crippen LogP contribution in [0.15, 0.2) is 85.1 Å². The van der Waals surface area contributed by atoms with Gasteiger partial charge in [0.25, 0.3) is 7.82 Å². The highest BCUT2D eigenvalue weighted by Crippen LogP contribution is 2.38. The number of likely N-dealkylation sites (N-methyl/N-ethyl adjacent to an activating group) is 1. The molecule has 2 unspecified atom stereocenters. The number of carbonyl (C=O) groups is 2. The van der Waals surface area contributed by atoms with Crippen molar-refractivity contribution in [2.24, 2.45) is 0 Å². The summed E-state index contributed by atoms with van der Waals surface area (Å²) in [6.07, 6.45) is 85.1. The quantitative estimate of drug-likeness (QED) is 0.0195. The molecule has 0 aromatic rings. The lowest BCUT2D eigenvalue weighted by molar-refractivity contribution is -0.870. The van der Waals surface area contributed by atoms with Crippen LogP contribution in [0.4, 0.5) is 0 Å². The van der Waals surface area contributed by atoms with Gasteiger partial charge < -0.3 is 27.9 Å². The molecule has 0 aromatic carbocycles. The van der Waals surface area contributed by atoms with E-state index in [9.17, 15) is 19.0 Å². The number of nitrogens with zero attached hydrogens (tertiary/aromatic N) is 1. The third-order valence-electron chi connectivity index (χ3n) is 14.9. The fourth-order valence-corrected chi connectivity index (χ4v) is 10.4. The highest BCUT2D eigenvalue weighted by Gasteiger charge is 2.22. The van der Waals surface area contributed by atoms with Gasteiger partial charge in [-0.15, -0.1) is 0 Å². The minimum Gasteiger partial charge on any atom is -0.756 e. The van der Waals surface area contributed by atoms with Crippen LogP contribution in [-0.2, 0) is 32.7 Å². The van der Waals surface area contributed by atoms with Crippen molar-refractivity contribution < 1.29 is 42.1 Å². The number of rotatable bonds is 63. The molecule has 82 heavy (non-hydrogen) atoms. The van der Waals surface area contributed by atoms with Crippen LogP contribution in [0.1, 0.15) is 309 Å². The Morgan fingerprint density at radius 2 is 0.695 bits per heavy atom. The predicted octanol–water partition coefficient (Wildman–Crippen LogP) is 21.5. The van der Waals surface area contributed by atoms with E-state index in [0.717, 1.165) is 77.0 Å². The molecule has 0 saturated carbocycles. The summed E-state index contributed by atoms with van der Waals surface area (Å²) in [6, 6.07) is 0. The fourth-order valence-electron chi connectivity index (χ4n) is 9.66. The summed E-state index contributed by atoms with van der Waals surface area (Å²) in [5, 5.41) is 0. The van der Waals surface area contributed by atoms with E-state index in [1.807, 2.05) is 21.1 Å². The third-order valence-corrected chi connectivity index (χ3v) is 15.9. The zero-order valence-corrected chi connectivity index (χ0v) is 55.1. The Labute approximate surface area is 507 Å². The Balaban J connectivity index is 4.02. The van der Waals surface area contributed by atoms with Gasteiger partial charge in [-0.25, -0.2) is 0 Å². The first-order valence-corrected chi connectivity index (χ1v) is 35.8. The topological polar surface area (TPSA) is 111 Å². The molecule has 0 amide bonds. The third kappa shape index (κ3) is 66.3. The Bertz CT molecular complexity index is 1660. The monoisotopic (exact) mass is 1170 g/mol. The molecule has 2 atom stereocenters. The number of ether oxygens (including phenoxy) is 2. The van der Waals surface area contributed by atoms with Crippen molar-refractivity contribution in [2.45, 2.75) is 315 Å². The standard InChI is InChI=1S/C72H130NO8P/c1-6-8-10-12-14-16-18-20-22-24-26-28-30-31-32-33-34-35-36-37-38-39-40-41-43-45-47-49-51-53-55-57-59-61-63-65-72(75)81-70(69-80-82(76,77)79-67-66-73(3,4)5)68-78-71(74)64-62-60-58-56-54-52-50-48-46-44-42-29-27-25-23-21-19-17-15-13-11-9-7-2/h8,10,14,16,19-22,25-28,31-32,70H,6-7,9,11-13,15,17-18,23-24,29-30,33-69H2,1-5H3/b10-8-,16-14-,21-19-,22-20-,27-25-,28-26-,32-31-. The molecule has 0 aliphatic rings. The first-order valence-electron chi connectivity index (χ1n) is 34.3. The molecule has 9 nitrogen and oxygen atoms in total. The van der Waals surface area contributed by atoms with E-state index in [2.05, 4.69) is 98.9 Å². The molecule has 0 fully saturated rings. The molecule has 0 aliphatic carbocycles. The van der Waals surface area contributed by atoms with Gasteiger partial charge in [0.05, 0.1) is 27.7 Å². The van der Waals surface area contributed by atoms with E-state index >= 15 is 0 Å². The minimum absolute atomic E-state index is 0.0319. The zero-order chi connectivity index (χ0) is 59.8. The SMILES string of the molecule is CC/C=C\C/C=C\C/C=C\C/C=C\C/C=C\CCCCCCCCCCCCCCCCCCCCCC(=O)OC(COC(=O)CCCCCCCCCCCCC/C=C\C/C=C\CCCCCCC)COP(=O)([O-])OCC[N+](C)(C)C. The van der Waals surface area contributed by atoms with Crippen molar-refractivity contribution in [1.29, 1.82) is 0 Å². The largest absolute Gasteiger partial charge is 0.756 e. The van der Waals surface area contributed by atoms with Crippen molar-refractivity contribution in [3.63, 3.8) is 0 Å². The van der Waals surface area contributed by atoms with Crippen molar-refractivity contribution in [1.82, 2.24) is 0 Å². The van der Waals surface area contributed by atoms with Crippen LogP contribution in [0, 0.1) is 0 Å². The number of phosphoric acid groups is 1. The highest BCUT2D eigenvalue weighted by atomic mass is 31.2. The molecule has 0 bridgehead atoms. The summed E-state index contributed by atoms with van der Waals surface area (Å²) >= 11 is 0. The molecular weight excluding hydrogens is 1040 g/mol. The zero-order valence-electron chi connectivity index (χ0n) is 54.2. The molecule has 10 heteroatoms. The first kappa shape index (κ1) is 79.2. The summed E-state index contributed by atoms with van der Waals surface area (Å²) in [5.41, 5.74) is 0. The molecule has 0 heterocycles. The lowest BCUT2D eigenvalue weighted by atomic mass is 10.0. The number of allylic oxidation sites excluding steroid dienone is 14. The van der Waals surface area contributed by atoms with Crippen molar-refractivity contribution in [3.8, 4) is 0 Å². The van der Waals surface area contributed by atoms with Crippen LogP contribution < -0.4 is 4.89 Å². The van der Waals surface area contributed by atoms with Gasteiger partial charge in [0.15, 0.2) is 6.10 Å². The molecule has 0 rings (SSSR count). The van der Waals surface area contributed by atoms with Crippen molar-refractivity contribution in [3.05, 3.63) is 85.1 Å². The summed E-state index contributed by atoms with van der Waals surface area (Å²) in [4.78, 5) is 38.0. The number of unbranched alkanes of at least 4 members (excludes halogenated alkanes) is 35. The second-order valence-corrected chi connectivity index (χ2v) is 25.6. The lowest BCUT2D eigenvalue weighted by Gasteiger charge is -2.28. The molecule has 0 aromatic heterocycles. The molecule has 0 aliphatic heterocycles. The van der Waals surface area contributed by atoms with Gasteiger partial charge in [0, 0.05) is 12.8 Å². The van der Waals surface area contributed by atoms with Crippen molar-refractivity contribution in [2.75, 3.05) is 47.5 Å². The normalized spacial score (nSPS) is 13.7. The number of carbonyl (C=O) groups excluding carboxylic acids is 2. The minimum atomic E-state index is -4.64. The van der Waals surface area contributed by atoms with Gasteiger partial charge in [-0.05, 0) is 89.9 Å². The first-order chi connectivity index (χ1) is 40.0. The predicted molar refractivity (Wildman–Crippen MR) is 351 cm³/mol. The van der Waals surface area contributed by atoms with Crippen LogP contribution in [0.3, 0.4) is 0 Å². The summed E-state index contributed by atoms with van der Waals surface area (Å²) in [6.45, 7) is 4.15. The van der Waals surface area contributed by atoms with Gasteiger partial charge in [0.2, 0.25) is 0 Å². The van der Waals surface area contributed by atoms with Crippen LogP contribution in [0.2, 0.25) is 0 Å². The van der Waals surface area contributed by atoms with Crippen molar-refractivity contribution >= 4 is 19.8 Å². The van der Waals surface area contributed by atoms with Gasteiger partial charge in [-0.1, -0.05) is 292 Å². The van der Waals surface area contributed by atoms with Crippen LogP contribution in [-0.4, -0.2) is 70.0 Å². The average Bonchev–Trinajstić information content (AvgIpc) is 3.45. The number of quaternary nitrogens is 1. The lowest BCUT2D eigenvalue weighted by Crippen LogP contribution is -2.37. The Hall–Kier alpha value is -2.81. The smallest absolute Gasteiger partial charge is 0.306 e. The van der Waals surface area contributed by atoms with Crippen LogP contribution in [0.5, 0.6) is 0 Å². The van der Waals surface area contributed by atoms with E-state index in [-0.39, 0.29) is 32.0 Å². The maximum Gasteiger partial charge on any atom is 0.306 e. The second-order valence-electron chi connectivity index (χ2n) is 24.2. The number of hydrogen-bond donors (Lipinski definition) is 0. The van der Waals surface area contributed by atoms with Gasteiger partial charge in [0.1, 0.15) is 19.8 Å². The average molecular weight is 1170 g/mol. The summed E-state index contributed by atoms with van der Waals surface area (Å²) < 4.78 is 34.3. The molecule has 476 valence electrons. The van der Waals surface area contributed by atoms with E-state index in [0.29, 0.717) is 17.4 Å². The molecule has 0 spiro atoms. The molecule has 0 N–H and O–H groups in total. The second kappa shape index (κ2) is 62.7.